The van der Waals surface area contributed by atoms with Crippen molar-refractivity contribution in [2.24, 2.45) is 5.41 Å². The zero-order chi connectivity index (χ0) is 35.6. The Bertz CT molecular complexity index is 1770. The van der Waals surface area contributed by atoms with Crippen molar-refractivity contribution in [1.29, 1.82) is 0 Å². The highest BCUT2D eigenvalue weighted by atomic mass is 79.9. The fraction of sp³-hybridized carbons (Fsp3) is 0.429. The molecule has 0 spiro atoms. The smallest absolute Gasteiger partial charge is 0.0919 e. The van der Waals surface area contributed by atoms with Gasteiger partial charge in [-0.15, -0.1) is 0 Å². The first-order chi connectivity index (χ1) is 25.5. The van der Waals surface area contributed by atoms with Gasteiger partial charge in [0.1, 0.15) is 0 Å². The summed E-state index contributed by atoms with van der Waals surface area (Å²) in [5, 5.41) is 0. The summed E-state index contributed by atoms with van der Waals surface area (Å²) in [4.78, 5) is 5.47. The average molecular weight is 771 g/mol. The zero-order valence-corrected chi connectivity index (χ0v) is 33.8. The number of quaternary nitrogens is 1. The molecule has 2 saturated heterocycles. The maximum absolute atomic E-state index is 3.57. The molecule has 0 aliphatic carbocycles. The van der Waals surface area contributed by atoms with Gasteiger partial charge in [-0.25, -0.2) is 0 Å². The molecule has 0 aromatic heterocycles. The molecule has 3 unspecified atom stereocenters. The number of allylic oxidation sites excluding steroid dienone is 1. The number of aryl methyl sites for hydroxylation is 1. The fourth-order valence-corrected chi connectivity index (χ4v) is 10.0. The van der Waals surface area contributed by atoms with Crippen molar-refractivity contribution in [1.82, 2.24) is 9.80 Å². The van der Waals surface area contributed by atoms with Gasteiger partial charge in [-0.1, -0.05) is 109 Å². The molecule has 0 N–H and O–H groups in total. The number of rotatable bonds is 13. The molecule has 3 aliphatic heterocycles. The highest BCUT2D eigenvalue weighted by molar-refractivity contribution is 5.64. The summed E-state index contributed by atoms with van der Waals surface area (Å²) in [5.41, 5.74) is 8.00. The Morgan fingerprint density at radius 3 is 1.75 bits per heavy atom. The Hall–Kier alpha value is -3.46. The largest absolute Gasteiger partial charge is 1.00 e. The van der Waals surface area contributed by atoms with Gasteiger partial charge in [0, 0.05) is 30.5 Å². The third kappa shape index (κ3) is 9.62. The molecule has 3 atom stereocenters. The van der Waals surface area contributed by atoms with Crippen LogP contribution in [0.3, 0.4) is 0 Å². The lowest BCUT2D eigenvalue weighted by atomic mass is 9.67. The molecule has 53 heavy (non-hydrogen) atoms. The van der Waals surface area contributed by atoms with E-state index in [9.17, 15) is 0 Å². The number of nitrogens with zero attached hydrogens (tertiary/aromatic N) is 3. The Balaban J connectivity index is 0.00000481. The number of unbranched alkanes of at least 4 members (excludes halogenated alkanes) is 3. The maximum Gasteiger partial charge on any atom is 0.0919 e. The van der Waals surface area contributed by atoms with Crippen LogP contribution in [0.25, 0.3) is 22.3 Å². The Kier molecular flexibility index (Phi) is 13.9. The summed E-state index contributed by atoms with van der Waals surface area (Å²) in [6, 6.07) is 40.7. The predicted molar refractivity (Wildman–Crippen MR) is 220 cm³/mol. The van der Waals surface area contributed by atoms with Crippen LogP contribution >= 0.6 is 0 Å². The highest BCUT2D eigenvalue weighted by Crippen LogP contribution is 2.48. The first-order valence-corrected chi connectivity index (χ1v) is 20.3. The Labute approximate surface area is 331 Å². The van der Waals surface area contributed by atoms with Crippen LogP contribution in [0, 0.1) is 17.3 Å². The van der Waals surface area contributed by atoms with Crippen LogP contribution in [0.4, 0.5) is 0 Å². The van der Waals surface area contributed by atoms with Crippen LogP contribution < -0.4 is 17.0 Å². The molecule has 0 bridgehead atoms. The van der Waals surface area contributed by atoms with Crippen LogP contribution in [0.15, 0.2) is 121 Å². The van der Waals surface area contributed by atoms with E-state index in [0.717, 1.165) is 29.3 Å². The number of hydrogen-bond donors (Lipinski definition) is 0. The lowest BCUT2D eigenvalue weighted by Gasteiger charge is -2.54. The van der Waals surface area contributed by atoms with E-state index in [1.165, 1.54) is 112 Å². The number of halogens is 1. The zero-order valence-electron chi connectivity index (χ0n) is 32.2. The maximum atomic E-state index is 3.57. The van der Waals surface area contributed by atoms with Crippen molar-refractivity contribution in [3.05, 3.63) is 133 Å². The summed E-state index contributed by atoms with van der Waals surface area (Å²) in [7, 11) is 4.82. The first kappa shape index (κ1) is 39.2. The lowest BCUT2D eigenvalue weighted by Crippen LogP contribution is -3.00. The summed E-state index contributed by atoms with van der Waals surface area (Å²) in [6.07, 6.45) is 19.0. The van der Waals surface area contributed by atoms with Crippen LogP contribution in [0.1, 0.15) is 75.3 Å². The summed E-state index contributed by atoms with van der Waals surface area (Å²) in [5.74, 6) is 7.06. The normalized spacial score (nSPS) is 24.4. The highest BCUT2D eigenvalue weighted by Gasteiger charge is 2.55. The SMILES string of the molecule is CN1CCCC1C1(C2CCCN2C)CC=C[N+](CCCC#Cc2ccc(-c3ccccc3)cc2)(CCCCCc2ccc(-c3ccccc3)cc2)C1.[Br-]. The van der Waals surface area contributed by atoms with E-state index in [4.69, 9.17) is 0 Å². The molecule has 3 aliphatic rings. The molecule has 7 rings (SSSR count). The summed E-state index contributed by atoms with van der Waals surface area (Å²) in [6.45, 7) is 6.21. The molecule has 0 saturated carbocycles. The molecule has 4 aromatic rings. The predicted octanol–water partition coefficient (Wildman–Crippen LogP) is 7.48. The quantitative estimate of drug-likeness (QED) is 0.0792. The minimum absolute atomic E-state index is 0. The summed E-state index contributed by atoms with van der Waals surface area (Å²) < 4.78 is 1.13. The third-order valence-corrected chi connectivity index (χ3v) is 12.7. The van der Waals surface area contributed by atoms with E-state index in [2.05, 4.69) is 157 Å². The van der Waals surface area contributed by atoms with Gasteiger partial charge in [0.25, 0.3) is 0 Å². The van der Waals surface area contributed by atoms with Gasteiger partial charge < -0.3 is 26.8 Å². The first-order valence-electron chi connectivity index (χ1n) is 20.3. The van der Waals surface area contributed by atoms with E-state index < -0.39 is 0 Å². The average Bonchev–Trinajstić information content (AvgIpc) is 3.84. The van der Waals surface area contributed by atoms with Gasteiger partial charge >= 0.3 is 0 Å². The second-order valence-corrected chi connectivity index (χ2v) is 16.1. The molecule has 3 heterocycles. The second-order valence-electron chi connectivity index (χ2n) is 16.1. The Morgan fingerprint density at radius 1 is 0.642 bits per heavy atom. The van der Waals surface area contributed by atoms with Crippen molar-refractivity contribution in [2.75, 3.05) is 46.8 Å². The monoisotopic (exact) mass is 769 g/mol. The van der Waals surface area contributed by atoms with Crippen LogP contribution in [-0.2, 0) is 6.42 Å². The van der Waals surface area contributed by atoms with Gasteiger partial charge in [-0.05, 0) is 131 Å². The van der Waals surface area contributed by atoms with Crippen molar-refractivity contribution in [3.63, 3.8) is 0 Å². The van der Waals surface area contributed by atoms with Crippen molar-refractivity contribution < 1.29 is 21.5 Å². The molecular formula is C49H60BrN3. The number of benzene rings is 4. The van der Waals surface area contributed by atoms with Gasteiger partial charge in [0.05, 0.1) is 31.2 Å². The van der Waals surface area contributed by atoms with E-state index >= 15 is 0 Å². The second kappa shape index (κ2) is 18.7. The van der Waals surface area contributed by atoms with Crippen LogP contribution in [0.2, 0.25) is 0 Å². The van der Waals surface area contributed by atoms with Crippen molar-refractivity contribution in [3.8, 4) is 34.1 Å². The molecular weight excluding hydrogens is 710 g/mol. The van der Waals surface area contributed by atoms with E-state index in [0.29, 0.717) is 17.5 Å². The van der Waals surface area contributed by atoms with E-state index in [1.807, 2.05) is 0 Å². The van der Waals surface area contributed by atoms with Gasteiger partial charge in [0.2, 0.25) is 0 Å². The molecule has 278 valence electrons. The van der Waals surface area contributed by atoms with Gasteiger partial charge in [-0.2, -0.15) is 0 Å². The Morgan fingerprint density at radius 2 is 1.19 bits per heavy atom. The third-order valence-electron chi connectivity index (χ3n) is 12.7. The van der Waals surface area contributed by atoms with Crippen molar-refractivity contribution >= 4 is 0 Å². The molecule has 2 fully saturated rings. The fourth-order valence-electron chi connectivity index (χ4n) is 10.0. The van der Waals surface area contributed by atoms with E-state index in [1.54, 1.807) is 0 Å². The standard InChI is InChI=1S/C49H60N3.BrH/c1-50-35-15-24-47(50)49(48-25-16-36-51(48)2)34-17-39-52(40-49,37-13-5-7-18-41-26-30-45(31-27-41)43-20-9-3-10-21-43)38-14-6-8-19-42-28-32-46(33-29-42)44-22-11-4-12-23-44;/h3-4,9-12,17,20-23,26-33,39,47-48H,5-7,13-16,18,24-25,34-38,40H2,1-2H3;1H/q+1;/p-1. The number of hydrogen-bond acceptors (Lipinski definition) is 2. The molecule has 4 heteroatoms. The molecule has 4 aromatic carbocycles. The summed E-state index contributed by atoms with van der Waals surface area (Å²) >= 11 is 0. The van der Waals surface area contributed by atoms with Crippen LogP contribution in [-0.4, -0.2) is 73.2 Å². The number of likely N-dealkylation sites (tertiary alicyclic amines) is 2. The minimum Gasteiger partial charge on any atom is -1.00 e. The van der Waals surface area contributed by atoms with Gasteiger partial charge in [-0.3, -0.25) is 4.48 Å². The lowest BCUT2D eigenvalue weighted by molar-refractivity contribution is -0.890. The molecule has 0 amide bonds. The van der Waals surface area contributed by atoms with Crippen molar-refractivity contribution in [2.45, 2.75) is 82.7 Å². The molecule has 0 radical (unpaired) electrons. The van der Waals surface area contributed by atoms with Gasteiger partial charge in [0.15, 0.2) is 0 Å². The van der Waals surface area contributed by atoms with Crippen LogP contribution in [0.5, 0.6) is 0 Å². The topological polar surface area (TPSA) is 6.48 Å². The minimum atomic E-state index is 0. The van der Waals surface area contributed by atoms with E-state index in [-0.39, 0.29) is 17.0 Å². The molecule has 3 nitrogen and oxygen atoms in total.